The van der Waals surface area contributed by atoms with Gasteiger partial charge in [0.15, 0.2) is 0 Å². The van der Waals surface area contributed by atoms with E-state index in [1.165, 1.54) is 6.20 Å². The largest absolute Gasteiger partial charge is 0.365 e. The molecule has 0 spiro atoms. The average Bonchev–Trinajstić information content (AvgIpc) is 3.12. The van der Waals surface area contributed by atoms with Crippen molar-refractivity contribution in [2.75, 3.05) is 10.6 Å². The second-order valence-corrected chi connectivity index (χ2v) is 6.70. The molecule has 3 heterocycles. The van der Waals surface area contributed by atoms with Gasteiger partial charge in [-0.05, 0) is 48.0 Å². The first-order valence-electron chi connectivity index (χ1n) is 9.18. The molecule has 0 saturated heterocycles. The van der Waals surface area contributed by atoms with Gasteiger partial charge in [0.25, 0.3) is 11.8 Å². The summed E-state index contributed by atoms with van der Waals surface area (Å²) in [5.74, 6) is -0.473. The fourth-order valence-electron chi connectivity index (χ4n) is 3.05. The van der Waals surface area contributed by atoms with Crippen LogP contribution in [0.25, 0.3) is 10.9 Å². The molecular formula is C21H19N7O2. The molecular weight excluding hydrogens is 382 g/mol. The molecule has 3 aromatic heterocycles. The molecule has 0 aliphatic heterocycles. The third-order valence-corrected chi connectivity index (χ3v) is 4.47. The van der Waals surface area contributed by atoms with Gasteiger partial charge < -0.3 is 16.4 Å². The summed E-state index contributed by atoms with van der Waals surface area (Å²) in [6.45, 7) is 0.347. The van der Waals surface area contributed by atoms with Crippen LogP contribution in [0, 0.1) is 0 Å². The molecule has 0 unspecified atom stereocenters. The first-order chi connectivity index (χ1) is 14.5. The third-order valence-electron chi connectivity index (χ3n) is 4.47. The molecule has 30 heavy (non-hydrogen) atoms. The fourth-order valence-corrected chi connectivity index (χ4v) is 3.05. The number of nitrogens with zero attached hydrogens (tertiary/aromatic N) is 4. The summed E-state index contributed by atoms with van der Waals surface area (Å²) in [5.41, 5.74) is 8.06. The second kappa shape index (κ2) is 8.00. The lowest BCUT2D eigenvalue weighted by molar-refractivity contribution is 0.0993. The Kier molecular flexibility index (Phi) is 5.08. The Labute approximate surface area is 171 Å². The number of anilines is 2. The maximum atomic E-state index is 12.8. The number of carbonyl (C=O) groups excluding carboxylic acids is 2. The van der Waals surface area contributed by atoms with E-state index < -0.39 is 5.91 Å². The van der Waals surface area contributed by atoms with E-state index in [0.717, 1.165) is 16.5 Å². The van der Waals surface area contributed by atoms with Crippen molar-refractivity contribution in [2.24, 2.45) is 12.8 Å². The van der Waals surface area contributed by atoms with Crippen LogP contribution in [0.15, 0.2) is 61.1 Å². The molecule has 2 amide bonds. The first kappa shape index (κ1) is 19.1. The number of amides is 2. The van der Waals surface area contributed by atoms with Crippen molar-refractivity contribution in [3.63, 3.8) is 0 Å². The Balaban J connectivity index is 1.51. The number of nitrogens with two attached hydrogens (primary N) is 1. The third kappa shape index (κ3) is 4.09. The van der Waals surface area contributed by atoms with Crippen LogP contribution in [0.3, 0.4) is 0 Å². The maximum absolute atomic E-state index is 12.8. The zero-order valence-corrected chi connectivity index (χ0v) is 16.2. The number of rotatable bonds is 6. The van der Waals surface area contributed by atoms with Crippen molar-refractivity contribution in [3.8, 4) is 0 Å². The topological polar surface area (TPSA) is 128 Å². The Morgan fingerprint density at radius 1 is 1.10 bits per heavy atom. The summed E-state index contributed by atoms with van der Waals surface area (Å²) in [7, 11) is 1.85. The Morgan fingerprint density at radius 2 is 1.97 bits per heavy atom. The van der Waals surface area contributed by atoms with E-state index in [0.29, 0.717) is 23.6 Å². The molecule has 0 aliphatic rings. The number of aromatic nitrogens is 4. The van der Waals surface area contributed by atoms with Gasteiger partial charge in [0.05, 0.1) is 11.1 Å². The predicted octanol–water partition coefficient (Wildman–Crippen LogP) is 2.33. The van der Waals surface area contributed by atoms with Crippen molar-refractivity contribution >= 4 is 34.2 Å². The molecule has 4 aromatic rings. The van der Waals surface area contributed by atoms with Gasteiger partial charge in [-0.1, -0.05) is 0 Å². The number of primary amides is 1. The Morgan fingerprint density at radius 3 is 2.80 bits per heavy atom. The normalized spacial score (nSPS) is 10.7. The predicted molar refractivity (Wildman–Crippen MR) is 113 cm³/mol. The smallest absolute Gasteiger partial charge is 0.267 e. The molecule has 0 aliphatic carbocycles. The van der Waals surface area contributed by atoms with Crippen LogP contribution in [0.4, 0.5) is 11.5 Å². The van der Waals surface area contributed by atoms with Crippen LogP contribution in [0.2, 0.25) is 0 Å². The summed E-state index contributed by atoms with van der Waals surface area (Å²) in [6.07, 6.45) is 5.02. The van der Waals surface area contributed by atoms with Gasteiger partial charge in [0.1, 0.15) is 11.5 Å². The van der Waals surface area contributed by atoms with Gasteiger partial charge in [-0.15, -0.1) is 0 Å². The summed E-state index contributed by atoms with van der Waals surface area (Å²) in [4.78, 5) is 32.3. The lowest BCUT2D eigenvalue weighted by atomic mass is 10.2. The summed E-state index contributed by atoms with van der Waals surface area (Å²) in [5, 5.41) is 11.4. The van der Waals surface area contributed by atoms with Crippen molar-refractivity contribution in [2.45, 2.75) is 6.54 Å². The number of carbonyl (C=O) groups is 2. The highest BCUT2D eigenvalue weighted by Crippen LogP contribution is 2.20. The molecule has 9 heteroatoms. The van der Waals surface area contributed by atoms with Crippen LogP contribution in [-0.2, 0) is 13.6 Å². The summed E-state index contributed by atoms with van der Waals surface area (Å²) in [6, 6.07) is 12.3. The number of fused-ring (bicyclic) bond motifs is 1. The summed E-state index contributed by atoms with van der Waals surface area (Å²) >= 11 is 0. The van der Waals surface area contributed by atoms with E-state index in [1.54, 1.807) is 35.1 Å². The fraction of sp³-hybridized carbons (Fsp3) is 0.0952. The molecule has 0 atom stereocenters. The van der Waals surface area contributed by atoms with Gasteiger partial charge in [-0.3, -0.25) is 19.3 Å². The molecule has 4 N–H and O–H groups in total. The van der Waals surface area contributed by atoms with Crippen molar-refractivity contribution in [1.29, 1.82) is 0 Å². The number of hydrogen-bond donors (Lipinski definition) is 3. The SMILES string of the molecule is Cn1cc2ccc(NC(=O)c3cccnc3NCc3ccnc(C(N)=O)c3)cc2n1. The van der Waals surface area contributed by atoms with Gasteiger partial charge in [-0.25, -0.2) is 4.98 Å². The molecule has 0 saturated carbocycles. The Bertz CT molecular complexity index is 1250. The standard InChI is InChI=1S/C21H19N7O2/c1-28-12-14-4-5-15(10-17(14)27-28)26-21(30)16-3-2-7-24-20(16)25-11-13-6-8-23-18(9-13)19(22)29/h2-10,12H,11H2,1H3,(H2,22,29)(H,24,25)(H,26,30). The van der Waals surface area contributed by atoms with Crippen LogP contribution in [0.5, 0.6) is 0 Å². The maximum Gasteiger partial charge on any atom is 0.267 e. The monoisotopic (exact) mass is 401 g/mol. The van der Waals surface area contributed by atoms with Crippen molar-refractivity contribution in [3.05, 3.63) is 77.9 Å². The van der Waals surface area contributed by atoms with Crippen molar-refractivity contribution < 1.29 is 9.59 Å². The van der Waals surface area contributed by atoms with E-state index in [-0.39, 0.29) is 11.6 Å². The van der Waals surface area contributed by atoms with Gasteiger partial charge >= 0.3 is 0 Å². The van der Waals surface area contributed by atoms with Gasteiger partial charge in [0, 0.05) is 43.3 Å². The lowest BCUT2D eigenvalue weighted by Gasteiger charge is -2.11. The van der Waals surface area contributed by atoms with Gasteiger partial charge in [-0.2, -0.15) is 5.10 Å². The van der Waals surface area contributed by atoms with E-state index in [2.05, 4.69) is 25.7 Å². The van der Waals surface area contributed by atoms with E-state index in [1.807, 2.05) is 31.4 Å². The van der Waals surface area contributed by atoms with Crippen molar-refractivity contribution in [1.82, 2.24) is 19.7 Å². The summed E-state index contributed by atoms with van der Waals surface area (Å²) < 4.78 is 1.72. The zero-order chi connectivity index (χ0) is 21.1. The number of benzene rings is 1. The van der Waals surface area contributed by atoms with Crippen LogP contribution in [0.1, 0.15) is 26.4 Å². The highest BCUT2D eigenvalue weighted by atomic mass is 16.2. The number of pyridine rings is 2. The van der Waals surface area contributed by atoms with Crippen LogP contribution in [-0.4, -0.2) is 31.6 Å². The zero-order valence-electron chi connectivity index (χ0n) is 16.2. The average molecular weight is 401 g/mol. The highest BCUT2D eigenvalue weighted by Gasteiger charge is 2.13. The second-order valence-electron chi connectivity index (χ2n) is 6.70. The number of nitrogens with one attached hydrogen (secondary N) is 2. The molecule has 0 bridgehead atoms. The van der Waals surface area contributed by atoms with E-state index in [9.17, 15) is 9.59 Å². The number of aryl methyl sites for hydroxylation is 1. The molecule has 4 rings (SSSR count). The van der Waals surface area contributed by atoms with Crippen LogP contribution < -0.4 is 16.4 Å². The minimum atomic E-state index is -0.598. The highest BCUT2D eigenvalue weighted by molar-refractivity contribution is 6.08. The number of hydrogen-bond acceptors (Lipinski definition) is 6. The van der Waals surface area contributed by atoms with E-state index >= 15 is 0 Å². The molecule has 150 valence electrons. The molecule has 9 nitrogen and oxygen atoms in total. The Hall–Kier alpha value is -4.27. The lowest BCUT2D eigenvalue weighted by Crippen LogP contribution is -2.16. The first-order valence-corrected chi connectivity index (χ1v) is 9.18. The van der Waals surface area contributed by atoms with E-state index in [4.69, 9.17) is 5.73 Å². The van der Waals surface area contributed by atoms with Crippen LogP contribution >= 0.6 is 0 Å². The molecule has 0 fully saturated rings. The molecule has 0 radical (unpaired) electrons. The minimum Gasteiger partial charge on any atom is -0.365 e. The minimum absolute atomic E-state index is 0.179. The quantitative estimate of drug-likeness (QED) is 0.455. The molecule has 1 aromatic carbocycles. The van der Waals surface area contributed by atoms with Gasteiger partial charge in [0.2, 0.25) is 0 Å².